The standard InChI is InChI=1S/C6H6.C3H4O.CH4/c1-2-4-6-5-3-1;1-2-3-4;/h1-6H;2-3H,1H2;1H4. The maximum Gasteiger partial charge on any atom is 0.142 e. The molecule has 0 N–H and O–H groups in total. The van der Waals surface area contributed by atoms with Gasteiger partial charge in [0, 0.05) is 0 Å². The van der Waals surface area contributed by atoms with Crippen LogP contribution in [-0.2, 0) is 4.79 Å². The smallest absolute Gasteiger partial charge is 0.142 e. The molecule has 0 saturated heterocycles. The Hall–Kier alpha value is -1.37. The molecule has 1 heteroatoms. The molecule has 0 atom stereocenters. The molecule has 0 aliphatic rings. The van der Waals surface area contributed by atoms with Crippen LogP contribution in [0, 0.1) is 0 Å². The zero-order valence-corrected chi connectivity index (χ0v) is 5.73. The summed E-state index contributed by atoms with van der Waals surface area (Å²) in [6, 6.07) is 12.0. The topological polar surface area (TPSA) is 17.1 Å². The quantitative estimate of drug-likeness (QED) is 0.444. The monoisotopic (exact) mass is 150 g/mol. The van der Waals surface area contributed by atoms with Gasteiger partial charge in [0.15, 0.2) is 0 Å². The molecule has 0 saturated carbocycles. The lowest BCUT2D eigenvalue weighted by Crippen LogP contribution is -1.47. The molecule has 0 fully saturated rings. The van der Waals surface area contributed by atoms with Crippen LogP contribution in [0.25, 0.3) is 0 Å². The van der Waals surface area contributed by atoms with Crippen molar-refractivity contribution in [1.82, 2.24) is 0 Å². The molecule has 1 nitrogen and oxygen atoms in total. The molecule has 1 aromatic carbocycles. The van der Waals surface area contributed by atoms with E-state index in [1.165, 1.54) is 6.08 Å². The van der Waals surface area contributed by atoms with Crippen molar-refractivity contribution in [2.24, 2.45) is 0 Å². The van der Waals surface area contributed by atoms with Gasteiger partial charge in [0.25, 0.3) is 0 Å². The predicted octanol–water partition coefficient (Wildman–Crippen LogP) is 2.69. The second-order valence-corrected chi connectivity index (χ2v) is 1.53. The van der Waals surface area contributed by atoms with Gasteiger partial charge in [-0.25, -0.2) is 0 Å². The number of rotatable bonds is 1. The van der Waals surface area contributed by atoms with Crippen LogP contribution in [0.3, 0.4) is 0 Å². The summed E-state index contributed by atoms with van der Waals surface area (Å²) in [7, 11) is 0. The maximum atomic E-state index is 9.06. The first-order valence-electron chi connectivity index (χ1n) is 2.98. The van der Waals surface area contributed by atoms with E-state index in [-0.39, 0.29) is 7.43 Å². The molecule has 60 valence electrons. The van der Waals surface area contributed by atoms with Crippen molar-refractivity contribution >= 4 is 6.29 Å². The van der Waals surface area contributed by atoms with Crippen molar-refractivity contribution in [3.05, 3.63) is 49.1 Å². The first-order valence-corrected chi connectivity index (χ1v) is 2.98. The first kappa shape index (κ1) is 12.3. The van der Waals surface area contributed by atoms with E-state index in [1.807, 2.05) is 36.4 Å². The molecule has 0 bridgehead atoms. The summed E-state index contributed by atoms with van der Waals surface area (Å²) in [5, 5.41) is 0. The van der Waals surface area contributed by atoms with Gasteiger partial charge in [0.1, 0.15) is 6.29 Å². The third-order valence-corrected chi connectivity index (χ3v) is 0.763. The summed E-state index contributed by atoms with van der Waals surface area (Å²) >= 11 is 0. The number of hydrogen-bond donors (Lipinski definition) is 0. The molecular formula is C10H14O. The van der Waals surface area contributed by atoms with E-state index in [9.17, 15) is 0 Å². The molecule has 1 rings (SSSR count). The highest BCUT2D eigenvalue weighted by atomic mass is 16.1. The minimum Gasteiger partial charge on any atom is -0.299 e. The maximum absolute atomic E-state index is 9.06. The van der Waals surface area contributed by atoms with Crippen LogP contribution in [0.4, 0.5) is 0 Å². The Morgan fingerprint density at radius 1 is 0.909 bits per heavy atom. The highest BCUT2D eigenvalue weighted by Crippen LogP contribution is 1.79. The summed E-state index contributed by atoms with van der Waals surface area (Å²) in [6.07, 6.45) is 1.83. The van der Waals surface area contributed by atoms with E-state index in [4.69, 9.17) is 4.79 Å². The molecule has 0 unspecified atom stereocenters. The van der Waals surface area contributed by atoms with Crippen molar-refractivity contribution in [1.29, 1.82) is 0 Å². The number of aldehydes is 1. The summed E-state index contributed by atoms with van der Waals surface area (Å²) in [6.45, 7) is 3.11. The fraction of sp³-hybridized carbons (Fsp3) is 0.100. The lowest BCUT2D eigenvalue weighted by molar-refractivity contribution is -0.104. The minimum atomic E-state index is 0. The first-order chi connectivity index (χ1) is 4.91. The highest BCUT2D eigenvalue weighted by molar-refractivity contribution is 5.63. The van der Waals surface area contributed by atoms with Crippen LogP contribution in [0.15, 0.2) is 49.1 Å². The van der Waals surface area contributed by atoms with Gasteiger partial charge < -0.3 is 0 Å². The van der Waals surface area contributed by atoms with Gasteiger partial charge in [0.2, 0.25) is 0 Å². The van der Waals surface area contributed by atoms with Gasteiger partial charge in [-0.2, -0.15) is 0 Å². The number of hydrogen-bond acceptors (Lipinski definition) is 1. The van der Waals surface area contributed by atoms with Crippen LogP contribution >= 0.6 is 0 Å². The molecule has 11 heavy (non-hydrogen) atoms. The molecule has 0 aliphatic carbocycles. The van der Waals surface area contributed by atoms with Crippen molar-refractivity contribution in [2.75, 3.05) is 0 Å². The summed E-state index contributed by atoms with van der Waals surface area (Å²) in [4.78, 5) is 9.06. The number of benzene rings is 1. The van der Waals surface area contributed by atoms with E-state index >= 15 is 0 Å². The van der Waals surface area contributed by atoms with Crippen LogP contribution in [0.2, 0.25) is 0 Å². The Labute approximate surface area is 68.4 Å². The van der Waals surface area contributed by atoms with Crippen molar-refractivity contribution in [2.45, 2.75) is 7.43 Å². The van der Waals surface area contributed by atoms with Crippen LogP contribution in [0.5, 0.6) is 0 Å². The van der Waals surface area contributed by atoms with Crippen LogP contribution in [-0.4, -0.2) is 6.29 Å². The van der Waals surface area contributed by atoms with Gasteiger partial charge in [0.05, 0.1) is 0 Å². The number of allylic oxidation sites excluding steroid dienone is 1. The van der Waals surface area contributed by atoms with Crippen LogP contribution < -0.4 is 0 Å². The van der Waals surface area contributed by atoms with Crippen molar-refractivity contribution < 1.29 is 4.79 Å². The fourth-order valence-electron chi connectivity index (χ4n) is 0.385. The van der Waals surface area contributed by atoms with Crippen molar-refractivity contribution in [3.8, 4) is 0 Å². The van der Waals surface area contributed by atoms with E-state index < -0.39 is 0 Å². The molecule has 0 aliphatic heterocycles. The molecular weight excluding hydrogens is 136 g/mol. The Balaban J connectivity index is 0. The molecule has 0 aromatic heterocycles. The lowest BCUT2D eigenvalue weighted by atomic mass is 10.4. The summed E-state index contributed by atoms with van der Waals surface area (Å²) in [5.41, 5.74) is 0. The van der Waals surface area contributed by atoms with E-state index in [0.717, 1.165) is 0 Å². The number of carbonyl (C=O) groups excluding carboxylic acids is 1. The second-order valence-electron chi connectivity index (χ2n) is 1.53. The Morgan fingerprint density at radius 2 is 1.09 bits per heavy atom. The zero-order valence-electron chi connectivity index (χ0n) is 5.73. The second kappa shape index (κ2) is 11.4. The molecule has 1 aromatic rings. The molecule has 0 radical (unpaired) electrons. The minimum absolute atomic E-state index is 0. The van der Waals surface area contributed by atoms with E-state index in [1.54, 1.807) is 0 Å². The Bertz CT molecular complexity index is 135. The largest absolute Gasteiger partial charge is 0.299 e. The molecule has 0 amide bonds. The van der Waals surface area contributed by atoms with Gasteiger partial charge in [-0.05, 0) is 6.08 Å². The zero-order chi connectivity index (χ0) is 7.66. The predicted molar refractivity (Wildman–Crippen MR) is 49.4 cm³/mol. The summed E-state index contributed by atoms with van der Waals surface area (Å²) in [5.74, 6) is 0. The highest BCUT2D eigenvalue weighted by Gasteiger charge is 1.57. The fourth-order valence-corrected chi connectivity index (χ4v) is 0.385. The SMILES string of the molecule is C.C=CC=O.c1ccccc1. The Morgan fingerprint density at radius 3 is 1.18 bits per heavy atom. The van der Waals surface area contributed by atoms with E-state index in [2.05, 4.69) is 6.58 Å². The van der Waals surface area contributed by atoms with Crippen LogP contribution in [0.1, 0.15) is 7.43 Å². The van der Waals surface area contributed by atoms with Crippen molar-refractivity contribution in [3.63, 3.8) is 0 Å². The number of carbonyl (C=O) groups is 1. The molecule has 0 spiro atoms. The van der Waals surface area contributed by atoms with E-state index in [0.29, 0.717) is 6.29 Å². The van der Waals surface area contributed by atoms with Gasteiger partial charge in [-0.3, -0.25) is 4.79 Å². The molecule has 0 heterocycles. The van der Waals surface area contributed by atoms with Gasteiger partial charge in [-0.1, -0.05) is 50.4 Å². The summed E-state index contributed by atoms with van der Waals surface area (Å²) < 4.78 is 0. The van der Waals surface area contributed by atoms with Gasteiger partial charge in [-0.15, -0.1) is 0 Å². The third-order valence-electron chi connectivity index (χ3n) is 0.763. The normalized spacial score (nSPS) is 6.18. The average Bonchev–Trinajstić information content (AvgIpc) is 2.08. The third kappa shape index (κ3) is 12.0. The van der Waals surface area contributed by atoms with Gasteiger partial charge >= 0.3 is 0 Å². The Kier molecular flexibility index (Phi) is 12.8. The lowest BCUT2D eigenvalue weighted by Gasteiger charge is -1.69. The average molecular weight is 150 g/mol.